The van der Waals surface area contributed by atoms with Crippen LogP contribution in [0.4, 0.5) is 0 Å². The summed E-state index contributed by atoms with van der Waals surface area (Å²) in [7, 11) is 0. The van der Waals surface area contributed by atoms with E-state index in [0.717, 1.165) is 42.7 Å². The monoisotopic (exact) mass is 633 g/mol. The maximum atomic E-state index is 12.1. The average Bonchev–Trinajstić information content (AvgIpc) is 3.47. The first-order valence-corrected chi connectivity index (χ1v) is 16.2. The molecule has 11 heteroatoms. The van der Waals surface area contributed by atoms with Gasteiger partial charge in [-0.2, -0.15) is 0 Å². The summed E-state index contributed by atoms with van der Waals surface area (Å²) in [4.78, 5) is 22.9. The van der Waals surface area contributed by atoms with Gasteiger partial charge in [0.05, 0.1) is 25.2 Å². The van der Waals surface area contributed by atoms with E-state index in [1.54, 1.807) is 23.1 Å². The van der Waals surface area contributed by atoms with E-state index in [1.165, 1.54) is 0 Å². The van der Waals surface area contributed by atoms with Gasteiger partial charge in [0.1, 0.15) is 5.01 Å². The zero-order valence-electron chi connectivity index (χ0n) is 24.5. The molecule has 0 unspecified atom stereocenters. The maximum absolute atomic E-state index is 12.1. The summed E-state index contributed by atoms with van der Waals surface area (Å²) in [6.07, 6.45) is -1.18. The van der Waals surface area contributed by atoms with E-state index in [-0.39, 0.29) is 43.5 Å². The molecule has 44 heavy (non-hydrogen) atoms. The van der Waals surface area contributed by atoms with Gasteiger partial charge in [-0.1, -0.05) is 103 Å². The Morgan fingerprint density at radius 1 is 0.955 bits per heavy atom. The molecule has 9 nitrogen and oxygen atoms in total. The number of thioether (sulfide) groups is 1. The number of aliphatic hydroxyl groups excluding tert-OH is 1. The summed E-state index contributed by atoms with van der Waals surface area (Å²) in [6.45, 7) is 4.36. The number of benzene rings is 3. The molecule has 1 aromatic heterocycles. The molecule has 1 fully saturated rings. The van der Waals surface area contributed by atoms with Crippen LogP contribution < -0.4 is 5.32 Å². The van der Waals surface area contributed by atoms with Crippen LogP contribution >= 0.6 is 23.1 Å². The van der Waals surface area contributed by atoms with Crippen LogP contribution in [0, 0.1) is 12.8 Å². The summed E-state index contributed by atoms with van der Waals surface area (Å²) < 4.78 is 14.1. The normalized spacial score (nSPS) is 19.9. The van der Waals surface area contributed by atoms with Crippen LogP contribution in [0.3, 0.4) is 0 Å². The highest BCUT2D eigenvalue weighted by Crippen LogP contribution is 2.43. The number of aliphatic carboxylic acids is 1. The van der Waals surface area contributed by atoms with Crippen molar-refractivity contribution in [3.63, 3.8) is 0 Å². The van der Waals surface area contributed by atoms with Gasteiger partial charge in [0.15, 0.2) is 10.6 Å². The van der Waals surface area contributed by atoms with Gasteiger partial charge < -0.3 is 25.0 Å². The smallest absolute Gasteiger partial charge is 0.303 e. The largest absolute Gasteiger partial charge is 0.481 e. The van der Waals surface area contributed by atoms with Gasteiger partial charge in [0.25, 0.3) is 0 Å². The Morgan fingerprint density at radius 2 is 1.68 bits per heavy atom. The Kier molecular flexibility index (Phi) is 10.8. The van der Waals surface area contributed by atoms with Crippen molar-refractivity contribution in [3.05, 3.63) is 100 Å². The van der Waals surface area contributed by atoms with Crippen LogP contribution in [0.1, 0.15) is 59.4 Å². The third-order valence-corrected chi connectivity index (χ3v) is 9.62. The highest BCUT2D eigenvalue weighted by atomic mass is 32.2. The first-order chi connectivity index (χ1) is 21.3. The second-order valence-corrected chi connectivity index (χ2v) is 13.1. The fraction of sp³-hybridized carbons (Fsp3) is 0.333. The summed E-state index contributed by atoms with van der Waals surface area (Å²) in [5, 5.41) is 30.5. The van der Waals surface area contributed by atoms with Gasteiger partial charge >= 0.3 is 5.97 Å². The number of carbonyl (C=O) groups is 2. The highest BCUT2D eigenvalue weighted by molar-refractivity contribution is 8.01. The summed E-state index contributed by atoms with van der Waals surface area (Å²) in [5.74, 6) is -0.536. The number of rotatable bonds is 12. The number of carboxylic acids is 1. The lowest BCUT2D eigenvalue weighted by atomic mass is 9.91. The molecule has 4 aromatic rings. The van der Waals surface area contributed by atoms with Crippen LogP contribution in [0.15, 0.2) is 77.1 Å². The molecule has 1 amide bonds. The van der Waals surface area contributed by atoms with Crippen LogP contribution in [0.5, 0.6) is 0 Å². The van der Waals surface area contributed by atoms with E-state index < -0.39 is 12.3 Å². The van der Waals surface area contributed by atoms with Crippen molar-refractivity contribution in [2.24, 2.45) is 5.92 Å². The van der Waals surface area contributed by atoms with Crippen molar-refractivity contribution in [3.8, 4) is 11.1 Å². The first-order valence-electron chi connectivity index (χ1n) is 14.4. The molecule has 4 atom stereocenters. The minimum atomic E-state index is -0.996. The quantitative estimate of drug-likeness (QED) is 0.159. The number of nitrogens with one attached hydrogen (secondary N) is 1. The van der Waals surface area contributed by atoms with Crippen molar-refractivity contribution in [1.29, 1.82) is 0 Å². The van der Waals surface area contributed by atoms with Crippen molar-refractivity contribution >= 4 is 35.0 Å². The number of hydrogen-bond acceptors (Lipinski definition) is 9. The minimum Gasteiger partial charge on any atom is -0.481 e. The van der Waals surface area contributed by atoms with Crippen molar-refractivity contribution in [2.75, 3.05) is 5.75 Å². The zero-order valence-corrected chi connectivity index (χ0v) is 26.1. The number of aromatic nitrogens is 2. The van der Waals surface area contributed by atoms with Gasteiger partial charge in [-0.25, -0.2) is 0 Å². The number of aliphatic hydroxyl groups is 1. The number of amides is 1. The predicted octanol–water partition coefficient (Wildman–Crippen LogP) is 6.07. The van der Waals surface area contributed by atoms with Gasteiger partial charge in [0.2, 0.25) is 5.91 Å². The Balaban J connectivity index is 1.34. The van der Waals surface area contributed by atoms with E-state index >= 15 is 0 Å². The van der Waals surface area contributed by atoms with E-state index in [9.17, 15) is 14.7 Å². The van der Waals surface area contributed by atoms with Gasteiger partial charge in [-0.05, 0) is 34.7 Å². The molecule has 1 aliphatic rings. The van der Waals surface area contributed by atoms with Gasteiger partial charge in [0, 0.05) is 30.2 Å². The Hall–Kier alpha value is -3.61. The fourth-order valence-corrected chi connectivity index (χ4v) is 7.08. The number of carboxylic acid groups (broad SMARTS) is 1. The summed E-state index contributed by atoms with van der Waals surface area (Å²) >= 11 is 3.21. The number of ether oxygens (including phenoxy) is 2. The van der Waals surface area contributed by atoms with Gasteiger partial charge in [-0.3, -0.25) is 9.59 Å². The Morgan fingerprint density at radius 3 is 2.36 bits per heavy atom. The lowest BCUT2D eigenvalue weighted by Crippen LogP contribution is -2.38. The molecule has 3 aromatic carbocycles. The second-order valence-electron chi connectivity index (χ2n) is 10.7. The second kappa shape index (κ2) is 14.9. The Bertz CT molecular complexity index is 1560. The van der Waals surface area contributed by atoms with E-state index in [1.807, 2.05) is 79.7 Å². The molecule has 0 saturated carbocycles. The van der Waals surface area contributed by atoms with Crippen LogP contribution in [0.2, 0.25) is 0 Å². The number of aryl methyl sites for hydroxylation is 1. The topological polar surface area (TPSA) is 131 Å². The highest BCUT2D eigenvalue weighted by Gasteiger charge is 2.38. The number of carbonyl (C=O) groups excluding carboxylic acids is 1. The SMILES string of the molecule is Cc1nnc(SC[C@H]2O[C@@H](c3ccc(-c4ccccc4CNC(=O)CCC(=O)O)cc3)O[C@@H](c3ccc(CO)cc3)[C@H]2C)s1. The van der Waals surface area contributed by atoms with E-state index in [0.29, 0.717) is 12.3 Å². The van der Waals surface area contributed by atoms with E-state index in [2.05, 4.69) is 22.4 Å². The molecule has 1 aliphatic heterocycles. The summed E-state index contributed by atoms with van der Waals surface area (Å²) in [6, 6.07) is 23.7. The minimum absolute atomic E-state index is 0.0137. The van der Waals surface area contributed by atoms with Crippen LogP contribution in [-0.2, 0) is 32.2 Å². The fourth-order valence-electron chi connectivity index (χ4n) is 5.08. The number of nitrogens with zero attached hydrogens (tertiary/aromatic N) is 2. The molecular formula is C33H35N3O6S2. The molecule has 3 N–H and O–H groups in total. The van der Waals surface area contributed by atoms with Crippen LogP contribution in [0.25, 0.3) is 11.1 Å². The predicted molar refractivity (Wildman–Crippen MR) is 169 cm³/mol. The maximum Gasteiger partial charge on any atom is 0.303 e. The molecular weight excluding hydrogens is 599 g/mol. The third-order valence-electron chi connectivity index (χ3n) is 7.56. The lowest BCUT2D eigenvalue weighted by molar-refractivity contribution is -0.268. The number of hydrogen-bond donors (Lipinski definition) is 3. The summed E-state index contributed by atoms with van der Waals surface area (Å²) in [5.41, 5.74) is 5.64. The molecule has 1 saturated heterocycles. The van der Waals surface area contributed by atoms with Crippen LogP contribution in [-0.4, -0.2) is 44.1 Å². The van der Waals surface area contributed by atoms with Gasteiger partial charge in [-0.15, -0.1) is 10.2 Å². The molecule has 5 rings (SSSR count). The molecule has 0 radical (unpaired) electrons. The third kappa shape index (κ3) is 8.10. The van der Waals surface area contributed by atoms with Crippen molar-refractivity contribution in [2.45, 2.75) is 62.7 Å². The standard InChI is InChI=1S/C33H35N3O6S2/c1-20-28(19-43-33-36-35-21(2)44-33)41-32(42-31(20)24-9-7-22(18-37)8-10-24)25-13-11-23(12-14-25)27-6-4-3-5-26(27)17-34-29(38)15-16-30(39)40/h3-14,20,28,31-32,37H,15-19H2,1-2H3,(H,34,38)(H,39,40)/t20-,28+,31+,32+/m0/s1. The zero-order chi connectivity index (χ0) is 31.1. The van der Waals surface area contributed by atoms with E-state index in [4.69, 9.17) is 14.6 Å². The molecule has 230 valence electrons. The molecule has 0 spiro atoms. The average molecular weight is 634 g/mol. The van der Waals surface area contributed by atoms with Crippen molar-refractivity contribution < 1.29 is 29.3 Å². The molecule has 2 heterocycles. The first kappa shape index (κ1) is 31.8. The van der Waals surface area contributed by atoms with Crippen molar-refractivity contribution in [1.82, 2.24) is 15.5 Å². The lowest BCUT2D eigenvalue weighted by Gasteiger charge is -2.41. The molecule has 0 bridgehead atoms. The molecule has 0 aliphatic carbocycles. The Labute approximate surface area is 264 Å².